The lowest BCUT2D eigenvalue weighted by Gasteiger charge is -2.21. The Labute approximate surface area is 271 Å². The van der Waals surface area contributed by atoms with Gasteiger partial charge >= 0.3 is 12.1 Å². The molecule has 13 heteroatoms. The number of aliphatic carboxylic acids is 1. The Morgan fingerprint density at radius 1 is 0.844 bits per heavy atom. The van der Waals surface area contributed by atoms with Crippen molar-refractivity contribution in [3.05, 3.63) is 24.3 Å². The highest BCUT2D eigenvalue weighted by atomic mass is 16.5. The maximum absolute atomic E-state index is 10.3. The number of amides is 2. The van der Waals surface area contributed by atoms with Crippen molar-refractivity contribution in [1.29, 1.82) is 0 Å². The SMILES string of the molecule is C/C=C/C.CC1CC/C=C/CCC1.COC(N)=O.COCCN(CCOCCOCCNC=O)CCOCCOCCC(=O)O. The second kappa shape index (κ2) is 41.4. The second-order valence-corrected chi connectivity index (χ2v) is 9.77. The maximum Gasteiger partial charge on any atom is 0.404 e. The van der Waals surface area contributed by atoms with E-state index in [2.05, 4.69) is 39.8 Å². The van der Waals surface area contributed by atoms with Crippen molar-refractivity contribution in [3.63, 3.8) is 0 Å². The third-order valence-corrected chi connectivity index (χ3v) is 5.99. The molecule has 266 valence electrons. The van der Waals surface area contributed by atoms with Gasteiger partial charge in [-0.25, -0.2) is 4.79 Å². The van der Waals surface area contributed by atoms with Crippen molar-refractivity contribution in [2.24, 2.45) is 11.7 Å². The molecular weight excluding hydrogens is 586 g/mol. The average Bonchev–Trinajstić information content (AvgIpc) is 3.02. The Kier molecular flexibility index (Phi) is 43.2. The molecule has 0 spiro atoms. The minimum absolute atomic E-state index is 0.00542. The summed E-state index contributed by atoms with van der Waals surface area (Å²) in [5.74, 6) is 0.100. The van der Waals surface area contributed by atoms with Gasteiger partial charge < -0.3 is 44.6 Å². The summed E-state index contributed by atoms with van der Waals surface area (Å²) in [6.45, 7) is 13.4. The van der Waals surface area contributed by atoms with Crippen LogP contribution < -0.4 is 11.1 Å². The fourth-order valence-corrected chi connectivity index (χ4v) is 3.28. The van der Waals surface area contributed by atoms with E-state index in [4.69, 9.17) is 28.8 Å². The summed E-state index contributed by atoms with van der Waals surface area (Å²) in [6.07, 6.45) is 15.4. The number of nitrogens with zero attached hydrogens (tertiary/aromatic N) is 1. The lowest BCUT2D eigenvalue weighted by Crippen LogP contribution is -2.34. The standard InChI is InChI=1S/C17H34N2O8.C9H16.C4H8.C2H5NO2/c1-23-9-4-19(5-10-26-14-12-24-7-2-17(21)22)6-11-27-15-13-25-8-3-18-16-20;1-9-7-5-3-2-4-6-8-9;1-3-4-2;1-5-2(3)4/h16H,2-15H2,1H3,(H,18,20)(H,21,22);2-3,9H,4-8H2,1H3;3-4H,1-2H3;1H3,(H2,3,4)/b;3-2+;4-3+;. The summed E-state index contributed by atoms with van der Waals surface area (Å²) in [4.78, 5) is 31.9. The number of carboxylic acids is 1. The lowest BCUT2D eigenvalue weighted by molar-refractivity contribution is -0.138. The third kappa shape index (κ3) is 48.6. The first-order valence-electron chi connectivity index (χ1n) is 15.8. The number of allylic oxidation sites excluding steroid dienone is 4. The van der Waals surface area contributed by atoms with E-state index in [0.717, 1.165) is 25.6 Å². The number of primary amides is 1. The van der Waals surface area contributed by atoms with Gasteiger partial charge in [-0.3, -0.25) is 14.5 Å². The maximum atomic E-state index is 10.3. The number of carbonyl (C=O) groups is 3. The summed E-state index contributed by atoms with van der Waals surface area (Å²) in [7, 11) is 2.89. The van der Waals surface area contributed by atoms with Crippen LogP contribution in [0.2, 0.25) is 0 Å². The van der Waals surface area contributed by atoms with E-state index in [1.165, 1.54) is 39.2 Å². The third-order valence-electron chi connectivity index (χ3n) is 5.99. The highest BCUT2D eigenvalue weighted by molar-refractivity contribution is 5.66. The summed E-state index contributed by atoms with van der Waals surface area (Å²) in [6, 6.07) is 0. The molecule has 0 saturated heterocycles. The first-order chi connectivity index (χ1) is 21.8. The van der Waals surface area contributed by atoms with Crippen LogP contribution in [0.5, 0.6) is 0 Å². The average molecular weight is 650 g/mol. The van der Waals surface area contributed by atoms with E-state index in [-0.39, 0.29) is 13.0 Å². The van der Waals surface area contributed by atoms with E-state index in [9.17, 15) is 14.4 Å². The van der Waals surface area contributed by atoms with Gasteiger partial charge in [0.2, 0.25) is 6.41 Å². The van der Waals surface area contributed by atoms with Crippen LogP contribution in [-0.2, 0) is 38.0 Å². The molecule has 0 saturated carbocycles. The summed E-state index contributed by atoms with van der Waals surface area (Å²) < 4.78 is 30.5. The second-order valence-electron chi connectivity index (χ2n) is 9.77. The van der Waals surface area contributed by atoms with Crippen LogP contribution in [0.4, 0.5) is 4.79 Å². The Bertz CT molecular complexity index is 692. The highest BCUT2D eigenvalue weighted by Gasteiger charge is 2.05. The number of nitrogens with one attached hydrogen (secondary N) is 1. The van der Waals surface area contributed by atoms with Gasteiger partial charge in [0.15, 0.2) is 0 Å². The minimum atomic E-state index is -0.867. The number of carboxylic acid groups (broad SMARTS) is 1. The van der Waals surface area contributed by atoms with Gasteiger partial charge in [-0.1, -0.05) is 37.6 Å². The molecule has 0 aromatic carbocycles. The van der Waals surface area contributed by atoms with Gasteiger partial charge in [0.1, 0.15) is 0 Å². The molecule has 1 aliphatic carbocycles. The van der Waals surface area contributed by atoms with Crippen molar-refractivity contribution in [2.75, 3.05) is 99.9 Å². The van der Waals surface area contributed by atoms with Crippen molar-refractivity contribution < 1.29 is 47.9 Å². The molecule has 0 aliphatic heterocycles. The van der Waals surface area contributed by atoms with Gasteiger partial charge in [0, 0.05) is 33.3 Å². The van der Waals surface area contributed by atoms with Crippen LogP contribution in [0.25, 0.3) is 0 Å². The van der Waals surface area contributed by atoms with Gasteiger partial charge in [-0.15, -0.1) is 0 Å². The lowest BCUT2D eigenvalue weighted by atomic mass is 9.96. The number of hydrogen-bond donors (Lipinski definition) is 3. The Balaban J connectivity index is -0.000000784. The van der Waals surface area contributed by atoms with E-state index in [0.29, 0.717) is 65.8 Å². The van der Waals surface area contributed by atoms with Crippen LogP contribution in [0, 0.1) is 5.92 Å². The Hall–Kier alpha value is -2.55. The number of methoxy groups -OCH3 is 2. The molecule has 1 rings (SSSR count). The molecule has 0 fully saturated rings. The predicted molar refractivity (Wildman–Crippen MR) is 176 cm³/mol. The molecule has 1 atom stereocenters. The van der Waals surface area contributed by atoms with Gasteiger partial charge in [0.05, 0.1) is 73.0 Å². The largest absolute Gasteiger partial charge is 0.481 e. The van der Waals surface area contributed by atoms with Crippen molar-refractivity contribution in [2.45, 2.75) is 59.3 Å². The van der Waals surface area contributed by atoms with E-state index in [1.807, 2.05) is 26.0 Å². The van der Waals surface area contributed by atoms with E-state index in [1.54, 1.807) is 7.11 Å². The number of nitrogens with two attached hydrogens (primary N) is 1. The van der Waals surface area contributed by atoms with Crippen LogP contribution in [0.15, 0.2) is 24.3 Å². The minimum Gasteiger partial charge on any atom is -0.481 e. The van der Waals surface area contributed by atoms with Crippen LogP contribution in [0.3, 0.4) is 0 Å². The Morgan fingerprint density at radius 2 is 1.36 bits per heavy atom. The first kappa shape index (κ1) is 46.9. The first-order valence-corrected chi connectivity index (χ1v) is 15.8. The Morgan fingerprint density at radius 3 is 1.84 bits per heavy atom. The topological polar surface area (TPSA) is 168 Å². The molecule has 1 aliphatic rings. The smallest absolute Gasteiger partial charge is 0.404 e. The molecule has 0 bridgehead atoms. The van der Waals surface area contributed by atoms with E-state index >= 15 is 0 Å². The zero-order valence-corrected chi connectivity index (χ0v) is 28.5. The van der Waals surface area contributed by atoms with Gasteiger partial charge in [-0.2, -0.15) is 0 Å². The zero-order valence-electron chi connectivity index (χ0n) is 28.5. The number of rotatable bonds is 22. The van der Waals surface area contributed by atoms with E-state index < -0.39 is 12.1 Å². The molecule has 45 heavy (non-hydrogen) atoms. The summed E-state index contributed by atoms with van der Waals surface area (Å²) >= 11 is 0. The van der Waals surface area contributed by atoms with Crippen molar-refractivity contribution in [3.8, 4) is 0 Å². The molecule has 2 amide bonds. The highest BCUT2D eigenvalue weighted by Crippen LogP contribution is 2.17. The molecule has 1 unspecified atom stereocenters. The molecule has 0 aromatic rings. The monoisotopic (exact) mass is 649 g/mol. The molecule has 0 aromatic heterocycles. The number of carbonyl (C=O) groups excluding carboxylic acids is 2. The summed E-state index contributed by atoms with van der Waals surface area (Å²) in [5.41, 5.74) is 4.43. The van der Waals surface area contributed by atoms with Crippen LogP contribution in [-0.4, -0.2) is 128 Å². The molecular formula is C32H63N3O10. The predicted octanol–water partition coefficient (Wildman–Crippen LogP) is 3.66. The van der Waals surface area contributed by atoms with Crippen LogP contribution in [0.1, 0.15) is 59.3 Å². The quantitative estimate of drug-likeness (QED) is 0.0889. The van der Waals surface area contributed by atoms with Crippen molar-refractivity contribution >= 4 is 18.5 Å². The number of ether oxygens (including phenoxy) is 6. The van der Waals surface area contributed by atoms with Crippen molar-refractivity contribution in [1.82, 2.24) is 10.2 Å². The molecule has 0 radical (unpaired) electrons. The molecule has 0 heterocycles. The normalized spacial score (nSPS) is 14.8. The molecule has 4 N–H and O–H groups in total. The number of hydrogen-bond acceptors (Lipinski definition) is 10. The zero-order chi connectivity index (χ0) is 34.2. The summed E-state index contributed by atoms with van der Waals surface area (Å²) in [5, 5.41) is 11.0. The van der Waals surface area contributed by atoms with Crippen LogP contribution >= 0.6 is 0 Å². The molecule has 13 nitrogen and oxygen atoms in total. The fraction of sp³-hybridized carbons (Fsp3) is 0.781. The van der Waals surface area contributed by atoms with Gasteiger partial charge in [-0.05, 0) is 45.4 Å². The van der Waals surface area contributed by atoms with Gasteiger partial charge in [0.25, 0.3) is 0 Å². The fourth-order valence-electron chi connectivity index (χ4n) is 3.28.